The molecule has 1 spiro atoms. The summed E-state index contributed by atoms with van der Waals surface area (Å²) in [5, 5.41) is 3.07. The molecule has 0 saturated heterocycles. The second kappa shape index (κ2) is 5.72. The van der Waals surface area contributed by atoms with Crippen LogP contribution in [0.1, 0.15) is 74.0 Å². The van der Waals surface area contributed by atoms with Gasteiger partial charge in [0.1, 0.15) is 0 Å². The highest BCUT2D eigenvalue weighted by Crippen LogP contribution is 2.58. The average molecular weight is 343 g/mol. The highest BCUT2D eigenvalue weighted by Gasteiger charge is 2.49. The minimum Gasteiger partial charge on any atom is -0.0851 e. The molecule has 3 unspecified atom stereocenters. The SMILES string of the molecule is C1=CC2CC1CC21CCc2cc3c(C4CCCCC4)cccc3cc2C1. The van der Waals surface area contributed by atoms with Crippen LogP contribution < -0.4 is 0 Å². The third-order valence-electron chi connectivity index (χ3n) is 8.34. The minimum absolute atomic E-state index is 0.598. The average Bonchev–Trinajstić information content (AvgIpc) is 3.28. The van der Waals surface area contributed by atoms with Gasteiger partial charge in [-0.25, -0.2) is 0 Å². The zero-order valence-electron chi connectivity index (χ0n) is 15.8. The molecule has 0 amide bonds. The lowest BCUT2D eigenvalue weighted by molar-refractivity contribution is 0.195. The van der Waals surface area contributed by atoms with Crippen molar-refractivity contribution in [3.8, 4) is 0 Å². The van der Waals surface area contributed by atoms with E-state index < -0.39 is 0 Å². The highest BCUT2D eigenvalue weighted by atomic mass is 14.5. The monoisotopic (exact) mass is 342 g/mol. The number of aryl methyl sites for hydroxylation is 1. The van der Waals surface area contributed by atoms with Crippen LogP contribution in [0.5, 0.6) is 0 Å². The van der Waals surface area contributed by atoms with Gasteiger partial charge in [0.25, 0.3) is 0 Å². The van der Waals surface area contributed by atoms with Crippen LogP contribution in [0, 0.1) is 17.3 Å². The molecule has 26 heavy (non-hydrogen) atoms. The molecular weight excluding hydrogens is 312 g/mol. The molecule has 4 aliphatic rings. The lowest BCUT2D eigenvalue weighted by Gasteiger charge is -2.40. The van der Waals surface area contributed by atoms with Crippen molar-refractivity contribution in [3.63, 3.8) is 0 Å². The van der Waals surface area contributed by atoms with Gasteiger partial charge in [-0.1, -0.05) is 61.7 Å². The first-order valence-corrected chi connectivity index (χ1v) is 11.0. The van der Waals surface area contributed by atoms with E-state index in [1.807, 2.05) is 0 Å². The van der Waals surface area contributed by atoms with Crippen LogP contribution in [0.25, 0.3) is 10.8 Å². The fraction of sp³-hybridized carbons (Fsp3) is 0.538. The fourth-order valence-corrected chi connectivity index (χ4v) is 7.00. The predicted molar refractivity (Wildman–Crippen MR) is 110 cm³/mol. The number of rotatable bonds is 1. The van der Waals surface area contributed by atoms with Crippen LogP contribution in [0.4, 0.5) is 0 Å². The lowest BCUT2D eigenvalue weighted by Crippen LogP contribution is -2.32. The van der Waals surface area contributed by atoms with Gasteiger partial charge in [0.05, 0.1) is 0 Å². The van der Waals surface area contributed by atoms with E-state index in [1.165, 1.54) is 69.6 Å². The molecule has 0 aromatic heterocycles. The topological polar surface area (TPSA) is 0 Å². The molecule has 0 heteroatoms. The number of hydrogen-bond donors (Lipinski definition) is 0. The van der Waals surface area contributed by atoms with E-state index in [4.69, 9.17) is 0 Å². The summed E-state index contributed by atoms with van der Waals surface area (Å²) in [6.45, 7) is 0. The van der Waals surface area contributed by atoms with E-state index in [0.29, 0.717) is 5.41 Å². The molecule has 0 heterocycles. The predicted octanol–water partition coefficient (Wildman–Crippen LogP) is 6.96. The van der Waals surface area contributed by atoms with E-state index in [2.05, 4.69) is 42.5 Å². The summed E-state index contributed by atoms with van der Waals surface area (Å²) >= 11 is 0. The highest BCUT2D eigenvalue weighted by molar-refractivity contribution is 5.88. The van der Waals surface area contributed by atoms with Crippen molar-refractivity contribution in [2.45, 2.75) is 70.1 Å². The van der Waals surface area contributed by atoms with Gasteiger partial charge in [0.2, 0.25) is 0 Å². The van der Waals surface area contributed by atoms with Gasteiger partial charge >= 0.3 is 0 Å². The number of fused-ring (bicyclic) bond motifs is 5. The molecule has 134 valence electrons. The molecular formula is C26H30. The number of hydrogen-bond acceptors (Lipinski definition) is 0. The third kappa shape index (κ3) is 2.27. The summed E-state index contributed by atoms with van der Waals surface area (Å²) in [7, 11) is 0. The second-order valence-corrected chi connectivity index (χ2v) is 9.75. The maximum Gasteiger partial charge on any atom is -0.0146 e. The first-order chi connectivity index (χ1) is 12.8. The first-order valence-electron chi connectivity index (χ1n) is 11.0. The van der Waals surface area contributed by atoms with Crippen molar-refractivity contribution in [3.05, 3.63) is 59.2 Å². The van der Waals surface area contributed by atoms with E-state index in [0.717, 1.165) is 17.8 Å². The molecule has 0 nitrogen and oxygen atoms in total. The zero-order valence-corrected chi connectivity index (χ0v) is 15.8. The molecule has 2 fully saturated rings. The largest absolute Gasteiger partial charge is 0.0851 e. The summed E-state index contributed by atoms with van der Waals surface area (Å²) in [4.78, 5) is 0. The Kier molecular flexibility index (Phi) is 3.41. The van der Waals surface area contributed by atoms with Crippen LogP contribution >= 0.6 is 0 Å². The summed E-state index contributed by atoms with van der Waals surface area (Å²) in [5.41, 5.74) is 5.58. The Morgan fingerprint density at radius 2 is 1.85 bits per heavy atom. The van der Waals surface area contributed by atoms with Crippen LogP contribution in [-0.4, -0.2) is 0 Å². The van der Waals surface area contributed by atoms with E-state index in [9.17, 15) is 0 Å². The molecule has 0 radical (unpaired) electrons. The molecule has 2 aromatic rings. The third-order valence-corrected chi connectivity index (χ3v) is 8.34. The van der Waals surface area contributed by atoms with Crippen LogP contribution in [0.2, 0.25) is 0 Å². The van der Waals surface area contributed by atoms with E-state index in [-0.39, 0.29) is 0 Å². The Bertz CT molecular complexity index is 882. The molecule has 4 aliphatic carbocycles. The van der Waals surface area contributed by atoms with Crippen molar-refractivity contribution in [1.82, 2.24) is 0 Å². The van der Waals surface area contributed by atoms with Crippen LogP contribution in [0.15, 0.2) is 42.5 Å². The van der Waals surface area contributed by atoms with Gasteiger partial charge in [0.15, 0.2) is 0 Å². The summed E-state index contributed by atoms with van der Waals surface area (Å²) < 4.78 is 0. The van der Waals surface area contributed by atoms with Gasteiger partial charge in [-0.15, -0.1) is 0 Å². The maximum atomic E-state index is 2.60. The van der Waals surface area contributed by atoms with Crippen LogP contribution in [-0.2, 0) is 12.8 Å². The van der Waals surface area contributed by atoms with Gasteiger partial charge in [-0.2, -0.15) is 0 Å². The van der Waals surface area contributed by atoms with E-state index in [1.54, 1.807) is 22.1 Å². The molecule has 0 aliphatic heterocycles. The quantitative estimate of drug-likeness (QED) is 0.491. The normalized spacial score (nSPS) is 33.2. The van der Waals surface area contributed by atoms with E-state index >= 15 is 0 Å². The Balaban J connectivity index is 1.40. The Morgan fingerprint density at radius 1 is 0.923 bits per heavy atom. The van der Waals surface area contributed by atoms with Crippen LogP contribution in [0.3, 0.4) is 0 Å². The smallest absolute Gasteiger partial charge is 0.0146 e. The number of allylic oxidation sites excluding steroid dienone is 2. The Labute approximate surface area is 157 Å². The van der Waals surface area contributed by atoms with Crippen molar-refractivity contribution >= 4 is 10.8 Å². The van der Waals surface area contributed by atoms with Gasteiger partial charge in [-0.3, -0.25) is 0 Å². The standard InChI is InChI=1S/C26H30/c1-2-5-19(6-3-1)24-8-4-7-21-14-22-17-26(12-11-20(22)15-25(21)24)16-18-9-10-23(26)13-18/h4,7-10,14-15,18-19,23H,1-3,5-6,11-13,16-17H2. The van der Waals surface area contributed by atoms with Crippen molar-refractivity contribution in [2.24, 2.45) is 17.3 Å². The second-order valence-electron chi connectivity index (χ2n) is 9.75. The Hall–Kier alpha value is -1.56. The molecule has 2 saturated carbocycles. The molecule has 2 aromatic carbocycles. The molecule has 0 N–H and O–H groups in total. The van der Waals surface area contributed by atoms with Gasteiger partial charge in [0, 0.05) is 0 Å². The lowest BCUT2D eigenvalue weighted by atomic mass is 9.64. The maximum absolute atomic E-state index is 2.60. The molecule has 2 bridgehead atoms. The minimum atomic E-state index is 0.598. The molecule has 3 atom stereocenters. The van der Waals surface area contributed by atoms with Gasteiger partial charge < -0.3 is 0 Å². The number of benzene rings is 2. The first kappa shape index (κ1) is 15.5. The Morgan fingerprint density at radius 3 is 2.65 bits per heavy atom. The summed E-state index contributed by atoms with van der Waals surface area (Å²) in [6.07, 6.45) is 19.1. The van der Waals surface area contributed by atoms with Crippen molar-refractivity contribution < 1.29 is 0 Å². The zero-order chi connectivity index (χ0) is 17.1. The van der Waals surface area contributed by atoms with Crippen molar-refractivity contribution in [2.75, 3.05) is 0 Å². The van der Waals surface area contributed by atoms with Crippen molar-refractivity contribution in [1.29, 1.82) is 0 Å². The van der Waals surface area contributed by atoms with Gasteiger partial charge in [-0.05, 0) is 95.6 Å². The summed E-state index contributed by atoms with van der Waals surface area (Å²) in [5.74, 6) is 2.56. The summed E-state index contributed by atoms with van der Waals surface area (Å²) in [6, 6.07) is 12.3. The molecule has 6 rings (SSSR count). The fourth-order valence-electron chi connectivity index (χ4n) is 7.00.